The molecular weight excluding hydrogens is 500 g/mol. The van der Waals surface area contributed by atoms with Crippen molar-refractivity contribution in [1.29, 1.82) is 0 Å². The quantitative estimate of drug-likeness (QED) is 0.432. The van der Waals surface area contributed by atoms with Gasteiger partial charge < -0.3 is 14.4 Å². The van der Waals surface area contributed by atoms with Crippen LogP contribution in [0.4, 0.5) is 26.3 Å². The lowest BCUT2D eigenvalue weighted by molar-refractivity contribution is -0.196. The minimum absolute atomic E-state index is 0.0944. The summed E-state index contributed by atoms with van der Waals surface area (Å²) in [5.74, 6) is -1.19. The molecule has 0 aromatic heterocycles. The zero-order chi connectivity index (χ0) is 26.7. The van der Waals surface area contributed by atoms with Gasteiger partial charge in [-0.1, -0.05) is 30.3 Å². The number of halogens is 6. The molecule has 1 saturated carbocycles. The van der Waals surface area contributed by atoms with Crippen LogP contribution in [0.15, 0.2) is 48.5 Å². The van der Waals surface area contributed by atoms with Crippen molar-refractivity contribution in [3.8, 4) is 0 Å². The largest absolute Gasteiger partial charge is 0.416 e. The lowest BCUT2D eigenvalue weighted by Gasteiger charge is -2.49. The maximum Gasteiger partial charge on any atom is 0.416 e. The van der Waals surface area contributed by atoms with E-state index in [1.165, 1.54) is 6.92 Å². The number of amides is 1. The topological polar surface area (TPSA) is 38.8 Å². The lowest BCUT2D eigenvalue weighted by atomic mass is 9.72. The van der Waals surface area contributed by atoms with E-state index in [1.807, 2.05) is 30.3 Å². The summed E-state index contributed by atoms with van der Waals surface area (Å²) in [6.07, 6.45) is -7.86. The van der Waals surface area contributed by atoms with Crippen LogP contribution in [0, 0.1) is 0 Å². The van der Waals surface area contributed by atoms with Crippen molar-refractivity contribution in [3.05, 3.63) is 70.8 Å². The van der Waals surface area contributed by atoms with E-state index in [2.05, 4.69) is 0 Å². The third-order valence-electron chi connectivity index (χ3n) is 8.26. The Bertz CT molecular complexity index is 1130. The molecule has 1 amide bonds. The molecular formula is C27H27F6NO3. The Labute approximate surface area is 210 Å². The average Bonchev–Trinajstić information content (AvgIpc) is 3.44. The molecule has 0 bridgehead atoms. The second kappa shape index (κ2) is 8.73. The Morgan fingerprint density at radius 3 is 1.81 bits per heavy atom. The molecule has 3 aliphatic rings. The van der Waals surface area contributed by atoms with E-state index < -0.39 is 46.1 Å². The lowest BCUT2D eigenvalue weighted by Crippen LogP contribution is -2.54. The molecule has 1 aliphatic carbocycles. The number of benzene rings is 2. The van der Waals surface area contributed by atoms with Gasteiger partial charge in [-0.15, -0.1) is 0 Å². The second-order valence-corrected chi connectivity index (χ2v) is 10.3. The van der Waals surface area contributed by atoms with E-state index in [-0.39, 0.29) is 24.6 Å². The molecule has 2 aromatic carbocycles. The standard InChI is InChI=1S/C27H27F6NO3/c1-23(19-15-20(26(28,29)30)17-21(16-19)27(31,32)33)11-12-34(22(23)35)24(18-5-3-2-4-6-18)7-9-25(10-8-24)36-13-14-37-25/h2-6,15-17H,7-14H2,1H3/t23-/m0/s1. The predicted octanol–water partition coefficient (Wildman–Crippen LogP) is 6.43. The Morgan fingerprint density at radius 1 is 0.757 bits per heavy atom. The van der Waals surface area contributed by atoms with Gasteiger partial charge >= 0.3 is 12.4 Å². The first kappa shape index (κ1) is 26.0. The van der Waals surface area contributed by atoms with Crippen molar-refractivity contribution in [2.75, 3.05) is 19.8 Å². The number of nitrogens with zero attached hydrogens (tertiary/aromatic N) is 1. The van der Waals surface area contributed by atoms with Crippen LogP contribution in [0.3, 0.4) is 0 Å². The molecule has 200 valence electrons. The van der Waals surface area contributed by atoms with Gasteiger partial charge in [0.05, 0.1) is 35.3 Å². The maximum atomic E-state index is 14.0. The molecule has 0 N–H and O–H groups in total. The van der Waals surface area contributed by atoms with Crippen molar-refractivity contribution < 1.29 is 40.6 Å². The number of likely N-dealkylation sites (tertiary alicyclic amines) is 1. The number of rotatable bonds is 3. The van der Waals surface area contributed by atoms with E-state index in [0.29, 0.717) is 51.0 Å². The molecule has 2 saturated heterocycles. The molecule has 2 heterocycles. The summed E-state index contributed by atoms with van der Waals surface area (Å²) in [4.78, 5) is 15.7. The fourth-order valence-electron chi connectivity index (χ4n) is 6.08. The second-order valence-electron chi connectivity index (χ2n) is 10.3. The first-order valence-electron chi connectivity index (χ1n) is 12.2. The van der Waals surface area contributed by atoms with E-state index in [0.717, 1.165) is 5.56 Å². The minimum atomic E-state index is -4.99. The van der Waals surface area contributed by atoms with Gasteiger partial charge in [0, 0.05) is 19.4 Å². The third-order valence-corrected chi connectivity index (χ3v) is 8.26. The van der Waals surface area contributed by atoms with Crippen molar-refractivity contribution in [2.24, 2.45) is 0 Å². The molecule has 1 atom stereocenters. The summed E-state index contributed by atoms with van der Waals surface area (Å²) in [5, 5.41) is 0. The molecule has 3 fully saturated rings. The first-order valence-corrected chi connectivity index (χ1v) is 12.2. The van der Waals surface area contributed by atoms with Crippen LogP contribution >= 0.6 is 0 Å². The van der Waals surface area contributed by atoms with Crippen LogP contribution in [0.1, 0.15) is 61.3 Å². The van der Waals surface area contributed by atoms with Crippen molar-refractivity contribution in [2.45, 2.75) is 68.1 Å². The van der Waals surface area contributed by atoms with Crippen LogP contribution in [0.25, 0.3) is 0 Å². The molecule has 5 rings (SSSR count). The Kier molecular flexibility index (Phi) is 6.14. The minimum Gasteiger partial charge on any atom is -0.348 e. The first-order chi connectivity index (χ1) is 17.3. The van der Waals surface area contributed by atoms with Crippen LogP contribution in [-0.4, -0.2) is 36.4 Å². The number of alkyl halides is 6. The summed E-state index contributed by atoms with van der Waals surface area (Å²) in [7, 11) is 0. The van der Waals surface area contributed by atoms with E-state index in [9.17, 15) is 31.1 Å². The number of ether oxygens (including phenoxy) is 2. The Hall–Kier alpha value is -2.59. The predicted molar refractivity (Wildman–Crippen MR) is 121 cm³/mol. The maximum absolute atomic E-state index is 14.0. The SMILES string of the molecule is C[C@@]1(c2cc(C(F)(F)F)cc(C(F)(F)F)c2)CCN(C2(c3ccccc3)CCC3(CC2)OCCO3)C1=O. The van der Waals surface area contributed by atoms with Crippen LogP contribution < -0.4 is 0 Å². The summed E-state index contributed by atoms with van der Waals surface area (Å²) in [6.45, 7) is 2.61. The summed E-state index contributed by atoms with van der Waals surface area (Å²) >= 11 is 0. The van der Waals surface area contributed by atoms with Gasteiger partial charge in [0.1, 0.15) is 0 Å². The van der Waals surface area contributed by atoms with Gasteiger partial charge in [0.15, 0.2) is 5.79 Å². The molecule has 2 aromatic rings. The van der Waals surface area contributed by atoms with Crippen LogP contribution in [-0.2, 0) is 37.6 Å². The average molecular weight is 528 g/mol. The number of hydrogen-bond donors (Lipinski definition) is 0. The Balaban J connectivity index is 1.55. The highest BCUT2D eigenvalue weighted by atomic mass is 19.4. The molecule has 37 heavy (non-hydrogen) atoms. The van der Waals surface area contributed by atoms with Gasteiger partial charge in [-0.2, -0.15) is 26.3 Å². The van der Waals surface area contributed by atoms with Gasteiger partial charge in [0.2, 0.25) is 5.91 Å². The molecule has 10 heteroatoms. The van der Waals surface area contributed by atoms with Gasteiger partial charge in [-0.3, -0.25) is 4.79 Å². The highest BCUT2D eigenvalue weighted by Crippen LogP contribution is 2.52. The monoisotopic (exact) mass is 527 g/mol. The fraction of sp³-hybridized carbons (Fsp3) is 0.519. The van der Waals surface area contributed by atoms with Gasteiger partial charge in [-0.25, -0.2) is 0 Å². The highest BCUT2D eigenvalue weighted by molar-refractivity contribution is 5.91. The van der Waals surface area contributed by atoms with E-state index in [1.54, 1.807) is 4.90 Å². The summed E-state index contributed by atoms with van der Waals surface area (Å²) in [5.41, 5.74) is -4.56. The molecule has 0 radical (unpaired) electrons. The van der Waals surface area contributed by atoms with Crippen LogP contribution in [0.5, 0.6) is 0 Å². The normalized spacial score (nSPS) is 25.7. The van der Waals surface area contributed by atoms with E-state index >= 15 is 0 Å². The number of carbonyl (C=O) groups is 1. The van der Waals surface area contributed by atoms with Crippen molar-refractivity contribution in [1.82, 2.24) is 4.90 Å². The fourth-order valence-corrected chi connectivity index (χ4v) is 6.08. The van der Waals surface area contributed by atoms with E-state index in [4.69, 9.17) is 9.47 Å². The van der Waals surface area contributed by atoms with Crippen LogP contribution in [0.2, 0.25) is 0 Å². The van der Waals surface area contributed by atoms with Gasteiger partial charge in [0.25, 0.3) is 0 Å². The molecule has 0 unspecified atom stereocenters. The zero-order valence-corrected chi connectivity index (χ0v) is 20.2. The highest BCUT2D eigenvalue weighted by Gasteiger charge is 2.56. The number of carbonyl (C=O) groups excluding carboxylic acids is 1. The van der Waals surface area contributed by atoms with Crippen molar-refractivity contribution in [3.63, 3.8) is 0 Å². The molecule has 2 aliphatic heterocycles. The number of hydrogen-bond acceptors (Lipinski definition) is 3. The summed E-state index contributed by atoms with van der Waals surface area (Å²) < 4.78 is 93.0. The zero-order valence-electron chi connectivity index (χ0n) is 20.2. The third kappa shape index (κ3) is 4.41. The van der Waals surface area contributed by atoms with Crippen molar-refractivity contribution >= 4 is 5.91 Å². The molecule has 1 spiro atoms. The smallest absolute Gasteiger partial charge is 0.348 e. The van der Waals surface area contributed by atoms with Gasteiger partial charge in [-0.05, 0) is 55.5 Å². The molecule has 4 nitrogen and oxygen atoms in total. The summed E-state index contributed by atoms with van der Waals surface area (Å²) in [6, 6.07) is 10.8. The Morgan fingerprint density at radius 2 is 1.30 bits per heavy atom.